The van der Waals surface area contributed by atoms with Crippen LogP contribution in [0.4, 0.5) is 5.69 Å². The van der Waals surface area contributed by atoms with Crippen LogP contribution in [0.1, 0.15) is 83.7 Å². The molecule has 34 heavy (non-hydrogen) atoms. The van der Waals surface area contributed by atoms with Gasteiger partial charge < -0.3 is 20.1 Å². The molecule has 9 nitrogen and oxygen atoms in total. The van der Waals surface area contributed by atoms with Crippen molar-refractivity contribution in [2.75, 3.05) is 5.32 Å². The maximum absolute atomic E-state index is 13.7. The van der Waals surface area contributed by atoms with Gasteiger partial charge in [-0.25, -0.2) is 4.98 Å². The minimum Gasteiger partial charge on any atom is -0.351 e. The van der Waals surface area contributed by atoms with E-state index in [2.05, 4.69) is 15.6 Å². The molecule has 0 bridgehead atoms. The number of imidazole rings is 1. The van der Waals surface area contributed by atoms with Gasteiger partial charge in [-0.15, -0.1) is 0 Å². The second-order valence-corrected chi connectivity index (χ2v) is 9.79. The second kappa shape index (κ2) is 8.38. The minimum absolute atomic E-state index is 0.00878. The fourth-order valence-corrected chi connectivity index (χ4v) is 5.11. The molecule has 178 valence electrons. The van der Waals surface area contributed by atoms with Crippen LogP contribution in [0.2, 0.25) is 0 Å². The van der Waals surface area contributed by atoms with Crippen molar-refractivity contribution in [1.82, 2.24) is 19.8 Å². The molecule has 0 unspecified atom stereocenters. The number of Topliss-reactive ketones (excluding diaryl/α,β-unsaturated/α-hetero) is 1. The quantitative estimate of drug-likeness (QED) is 0.640. The molecule has 2 heterocycles. The van der Waals surface area contributed by atoms with E-state index in [4.69, 9.17) is 0 Å². The van der Waals surface area contributed by atoms with Gasteiger partial charge in [-0.2, -0.15) is 0 Å². The van der Waals surface area contributed by atoms with Gasteiger partial charge in [0.25, 0.3) is 11.8 Å². The monoisotopic (exact) mass is 463 g/mol. The van der Waals surface area contributed by atoms with Crippen LogP contribution >= 0.6 is 0 Å². The zero-order chi connectivity index (χ0) is 24.0. The molecule has 3 amide bonds. The highest BCUT2D eigenvalue weighted by Gasteiger charge is 2.54. The van der Waals surface area contributed by atoms with Gasteiger partial charge in [-0.05, 0) is 63.8 Å². The highest BCUT2D eigenvalue weighted by atomic mass is 16.2. The summed E-state index contributed by atoms with van der Waals surface area (Å²) in [6.45, 7) is 3.54. The number of aromatic nitrogens is 2. The third-order valence-corrected chi connectivity index (χ3v) is 7.12. The third-order valence-electron chi connectivity index (χ3n) is 7.12. The van der Waals surface area contributed by atoms with Crippen molar-refractivity contribution in [1.29, 1.82) is 0 Å². The van der Waals surface area contributed by atoms with Crippen LogP contribution in [0.15, 0.2) is 30.6 Å². The molecule has 9 heteroatoms. The summed E-state index contributed by atoms with van der Waals surface area (Å²) in [5, 5.41) is 5.91. The van der Waals surface area contributed by atoms with E-state index in [-0.39, 0.29) is 47.6 Å². The van der Waals surface area contributed by atoms with E-state index in [0.717, 1.165) is 38.5 Å². The van der Waals surface area contributed by atoms with Crippen molar-refractivity contribution in [3.05, 3.63) is 47.5 Å². The van der Waals surface area contributed by atoms with Gasteiger partial charge in [0.05, 0.1) is 12.9 Å². The topological polar surface area (TPSA) is 113 Å². The van der Waals surface area contributed by atoms with E-state index in [9.17, 15) is 19.2 Å². The molecule has 2 aromatic rings. The maximum Gasteiger partial charge on any atom is 0.276 e. The van der Waals surface area contributed by atoms with Crippen molar-refractivity contribution in [3.63, 3.8) is 0 Å². The number of hydrogen-bond donors (Lipinski definition) is 2. The standard InChI is InChI=1S/C25H29N5O4/c1-15(31)16-7-9-18(10-8-16)27-22(32)20-21-23(33)30(19-11-12-19)25(2,13-29(21)14-26-20)24(34)28-17-5-3-4-6-17/h7-10,14,17,19H,3-6,11-13H2,1-2H3,(H,27,32)(H,28,34)/t25-/m0/s1. The Morgan fingerprint density at radius 1 is 1.06 bits per heavy atom. The zero-order valence-corrected chi connectivity index (χ0v) is 19.5. The molecule has 0 radical (unpaired) electrons. The molecule has 5 rings (SSSR count). The Morgan fingerprint density at radius 3 is 2.35 bits per heavy atom. The van der Waals surface area contributed by atoms with Crippen LogP contribution in [0.25, 0.3) is 0 Å². The van der Waals surface area contributed by atoms with Crippen LogP contribution in [-0.2, 0) is 11.3 Å². The fraction of sp³-hybridized carbons (Fsp3) is 0.480. The lowest BCUT2D eigenvalue weighted by Gasteiger charge is -2.44. The number of hydrogen-bond acceptors (Lipinski definition) is 5. The molecule has 1 atom stereocenters. The van der Waals surface area contributed by atoms with Crippen molar-refractivity contribution in [3.8, 4) is 0 Å². The van der Waals surface area contributed by atoms with Gasteiger partial charge in [-0.3, -0.25) is 19.2 Å². The summed E-state index contributed by atoms with van der Waals surface area (Å²) in [7, 11) is 0. The lowest BCUT2D eigenvalue weighted by atomic mass is 9.93. The Labute approximate surface area is 197 Å². The highest BCUT2D eigenvalue weighted by Crippen LogP contribution is 2.39. The number of rotatable bonds is 6. The number of amides is 3. The van der Waals surface area contributed by atoms with Gasteiger partial charge in [-0.1, -0.05) is 12.8 Å². The SMILES string of the molecule is CC(=O)c1ccc(NC(=O)c2ncn3c2C(=O)N(C2CC2)[C@](C)(C(=O)NC2CCCC2)C3)cc1. The van der Waals surface area contributed by atoms with Crippen LogP contribution in [0.5, 0.6) is 0 Å². The first-order chi connectivity index (χ1) is 16.3. The smallest absolute Gasteiger partial charge is 0.276 e. The Hall–Kier alpha value is -3.49. The molecule has 2 N–H and O–H groups in total. The Kier molecular flexibility index (Phi) is 5.50. The van der Waals surface area contributed by atoms with Gasteiger partial charge in [0.2, 0.25) is 5.91 Å². The molecule has 0 saturated heterocycles. The molecule has 2 saturated carbocycles. The molecule has 1 aromatic carbocycles. The number of nitrogens with one attached hydrogen (secondary N) is 2. The van der Waals surface area contributed by atoms with Crippen LogP contribution in [0.3, 0.4) is 0 Å². The summed E-state index contributed by atoms with van der Waals surface area (Å²) in [6.07, 6.45) is 7.29. The summed E-state index contributed by atoms with van der Waals surface area (Å²) in [4.78, 5) is 57.5. The third kappa shape index (κ3) is 3.89. The van der Waals surface area contributed by atoms with Crippen LogP contribution in [0, 0.1) is 0 Å². The number of anilines is 1. The van der Waals surface area contributed by atoms with E-state index in [0.29, 0.717) is 11.3 Å². The average Bonchev–Trinajstić information content (AvgIpc) is 3.31. The van der Waals surface area contributed by atoms with Gasteiger partial charge in [0, 0.05) is 23.3 Å². The molecule has 0 spiro atoms. The highest BCUT2D eigenvalue weighted by molar-refractivity contribution is 6.11. The average molecular weight is 464 g/mol. The van der Waals surface area contributed by atoms with Crippen molar-refractivity contribution in [2.45, 2.75) is 76.5 Å². The summed E-state index contributed by atoms with van der Waals surface area (Å²) in [5.41, 5.74) is 0.244. The molecule has 2 aliphatic carbocycles. The van der Waals surface area contributed by atoms with E-state index in [1.807, 2.05) is 6.92 Å². The molecule has 1 aliphatic heterocycles. The number of nitrogens with zero attached hydrogens (tertiary/aromatic N) is 3. The zero-order valence-electron chi connectivity index (χ0n) is 19.5. The molecule has 2 fully saturated rings. The van der Waals surface area contributed by atoms with Gasteiger partial charge in [0.15, 0.2) is 11.5 Å². The summed E-state index contributed by atoms with van der Waals surface area (Å²) >= 11 is 0. The number of benzene rings is 1. The molecular formula is C25H29N5O4. The number of ketones is 1. The first-order valence-electron chi connectivity index (χ1n) is 11.9. The Balaban J connectivity index is 1.41. The van der Waals surface area contributed by atoms with Crippen molar-refractivity contribution < 1.29 is 19.2 Å². The largest absolute Gasteiger partial charge is 0.351 e. The van der Waals surface area contributed by atoms with E-state index in [1.165, 1.54) is 13.3 Å². The first kappa shape index (κ1) is 22.3. The Morgan fingerprint density at radius 2 is 1.74 bits per heavy atom. The molecule has 3 aliphatic rings. The van der Waals surface area contributed by atoms with E-state index in [1.54, 1.807) is 33.7 Å². The molecular weight excluding hydrogens is 434 g/mol. The Bertz CT molecular complexity index is 1160. The maximum atomic E-state index is 13.7. The summed E-state index contributed by atoms with van der Waals surface area (Å²) in [6, 6.07) is 6.69. The van der Waals surface area contributed by atoms with Crippen molar-refractivity contribution in [2.24, 2.45) is 0 Å². The van der Waals surface area contributed by atoms with Crippen LogP contribution in [-0.4, -0.2) is 55.6 Å². The van der Waals surface area contributed by atoms with Crippen molar-refractivity contribution >= 4 is 29.2 Å². The fourth-order valence-electron chi connectivity index (χ4n) is 5.11. The van der Waals surface area contributed by atoms with E-state index >= 15 is 0 Å². The van der Waals surface area contributed by atoms with Crippen LogP contribution < -0.4 is 10.6 Å². The first-order valence-corrected chi connectivity index (χ1v) is 11.9. The number of carbonyl (C=O) groups excluding carboxylic acids is 4. The normalized spacial score (nSPS) is 22.4. The second-order valence-electron chi connectivity index (χ2n) is 9.79. The number of fused-ring (bicyclic) bond motifs is 1. The summed E-state index contributed by atoms with van der Waals surface area (Å²) in [5.74, 6) is -1.05. The minimum atomic E-state index is -1.04. The summed E-state index contributed by atoms with van der Waals surface area (Å²) < 4.78 is 1.63. The number of carbonyl (C=O) groups is 4. The predicted octanol–water partition coefficient (Wildman–Crippen LogP) is 2.77. The predicted molar refractivity (Wildman–Crippen MR) is 125 cm³/mol. The lowest BCUT2D eigenvalue weighted by Crippen LogP contribution is -2.65. The van der Waals surface area contributed by atoms with E-state index < -0.39 is 11.4 Å². The molecule has 1 aromatic heterocycles. The van der Waals surface area contributed by atoms with Gasteiger partial charge in [0.1, 0.15) is 11.2 Å². The lowest BCUT2D eigenvalue weighted by molar-refractivity contribution is -0.134. The van der Waals surface area contributed by atoms with Gasteiger partial charge >= 0.3 is 0 Å².